The molecule has 0 spiro atoms. The molecule has 0 saturated carbocycles. The van der Waals surface area contributed by atoms with Crippen molar-refractivity contribution in [2.75, 3.05) is 7.11 Å². The number of carbonyl (C=O) groups is 1. The Morgan fingerprint density at radius 1 is 1.09 bits per heavy atom. The van der Waals surface area contributed by atoms with Crippen molar-refractivity contribution in [1.29, 1.82) is 0 Å². The molecule has 0 aliphatic carbocycles. The summed E-state index contributed by atoms with van der Waals surface area (Å²) in [5, 5.41) is 0.818. The highest BCUT2D eigenvalue weighted by Crippen LogP contribution is 2.36. The first kappa shape index (κ1) is 16.0. The molecule has 0 fully saturated rings. The Kier molecular flexibility index (Phi) is 4.37. The maximum Gasteiger partial charge on any atom is 0.344 e. The highest BCUT2D eigenvalue weighted by molar-refractivity contribution is 9.11. The van der Waals surface area contributed by atoms with Crippen LogP contribution in [0.1, 0.15) is 10.4 Å². The maximum absolute atomic E-state index is 12.3. The van der Waals surface area contributed by atoms with Crippen LogP contribution in [0.2, 0.25) is 0 Å². The van der Waals surface area contributed by atoms with Gasteiger partial charge in [-0.2, -0.15) is 0 Å². The molecular formula is C17H10Br2O4. The Morgan fingerprint density at radius 2 is 1.74 bits per heavy atom. The molecule has 0 unspecified atom stereocenters. The Bertz CT molecular complexity index is 953. The first-order chi connectivity index (χ1) is 11.0. The van der Waals surface area contributed by atoms with Gasteiger partial charge in [0.25, 0.3) is 0 Å². The highest BCUT2D eigenvalue weighted by atomic mass is 79.9. The molecular weight excluding hydrogens is 428 g/mol. The monoisotopic (exact) mass is 436 g/mol. The van der Waals surface area contributed by atoms with E-state index in [1.165, 1.54) is 7.11 Å². The lowest BCUT2D eigenvalue weighted by atomic mass is 10.0. The van der Waals surface area contributed by atoms with E-state index < -0.39 is 11.6 Å². The van der Waals surface area contributed by atoms with Crippen molar-refractivity contribution in [3.63, 3.8) is 0 Å². The maximum atomic E-state index is 12.3. The van der Waals surface area contributed by atoms with E-state index in [1.54, 1.807) is 24.3 Å². The van der Waals surface area contributed by atoms with E-state index in [0.717, 1.165) is 5.39 Å². The third-order valence-electron chi connectivity index (χ3n) is 3.37. The second-order valence-electron chi connectivity index (χ2n) is 4.79. The quantitative estimate of drug-likeness (QED) is 0.428. The molecule has 0 saturated heterocycles. The molecule has 0 aliphatic heterocycles. The predicted octanol–water partition coefficient (Wildman–Crippen LogP) is 4.77. The Balaban J connectivity index is 2.25. The normalized spacial score (nSPS) is 10.7. The highest BCUT2D eigenvalue weighted by Gasteiger charge is 2.17. The summed E-state index contributed by atoms with van der Waals surface area (Å²) in [6, 6.07) is 12.3. The number of halogens is 2. The summed E-state index contributed by atoms with van der Waals surface area (Å²) in [4.78, 5) is 24.0. The molecule has 3 aromatic rings. The first-order valence-electron chi connectivity index (χ1n) is 6.62. The van der Waals surface area contributed by atoms with Gasteiger partial charge in [0, 0.05) is 19.9 Å². The Morgan fingerprint density at radius 3 is 2.39 bits per heavy atom. The zero-order valence-corrected chi connectivity index (χ0v) is 15.1. The number of hydrogen-bond donors (Lipinski definition) is 0. The van der Waals surface area contributed by atoms with E-state index in [-0.39, 0.29) is 0 Å². The van der Waals surface area contributed by atoms with Crippen LogP contribution >= 0.6 is 31.9 Å². The summed E-state index contributed by atoms with van der Waals surface area (Å²) >= 11 is 6.82. The van der Waals surface area contributed by atoms with Crippen LogP contribution in [0.4, 0.5) is 0 Å². The Labute approximate surface area is 148 Å². The molecule has 1 aromatic heterocycles. The van der Waals surface area contributed by atoms with Crippen molar-refractivity contribution in [2.45, 2.75) is 0 Å². The van der Waals surface area contributed by atoms with Gasteiger partial charge in [-0.15, -0.1) is 0 Å². The van der Waals surface area contributed by atoms with Gasteiger partial charge >= 0.3 is 11.6 Å². The number of ether oxygens (including phenoxy) is 1. The zero-order valence-electron chi connectivity index (χ0n) is 11.9. The van der Waals surface area contributed by atoms with E-state index in [4.69, 9.17) is 9.15 Å². The van der Waals surface area contributed by atoms with Crippen molar-refractivity contribution in [1.82, 2.24) is 0 Å². The number of hydrogen-bond acceptors (Lipinski definition) is 4. The van der Waals surface area contributed by atoms with Gasteiger partial charge in [-0.1, -0.05) is 50.1 Å². The van der Waals surface area contributed by atoms with Crippen molar-refractivity contribution >= 4 is 48.8 Å². The van der Waals surface area contributed by atoms with Crippen LogP contribution in [0.15, 0.2) is 60.6 Å². The van der Waals surface area contributed by atoms with Crippen molar-refractivity contribution < 1.29 is 13.9 Å². The van der Waals surface area contributed by atoms with E-state index in [9.17, 15) is 9.59 Å². The summed E-state index contributed by atoms with van der Waals surface area (Å²) < 4.78 is 11.3. The predicted molar refractivity (Wildman–Crippen MR) is 94.7 cm³/mol. The van der Waals surface area contributed by atoms with Gasteiger partial charge in [0.15, 0.2) is 0 Å². The molecule has 116 valence electrons. The second-order valence-corrected chi connectivity index (χ2v) is 6.50. The van der Waals surface area contributed by atoms with Gasteiger partial charge < -0.3 is 9.15 Å². The van der Waals surface area contributed by atoms with Crippen LogP contribution in [0.5, 0.6) is 0 Å². The topological polar surface area (TPSA) is 56.5 Å². The molecule has 0 aliphatic rings. The van der Waals surface area contributed by atoms with Crippen molar-refractivity contribution in [3.05, 3.63) is 67.4 Å². The molecule has 6 heteroatoms. The van der Waals surface area contributed by atoms with Crippen LogP contribution in [0, 0.1) is 0 Å². The molecule has 4 nitrogen and oxygen atoms in total. The average molecular weight is 438 g/mol. The minimum atomic E-state index is -0.455. The van der Waals surface area contributed by atoms with Gasteiger partial charge in [-0.25, -0.2) is 9.59 Å². The van der Waals surface area contributed by atoms with Crippen molar-refractivity contribution in [3.8, 4) is 11.1 Å². The standard InChI is InChI=1S/C17H10Br2O4/c1-22-16(20)10-7-12(18)15(13(19)8-10)11-6-9-4-2-3-5-14(9)23-17(11)21/h2-8H,1H3. The third-order valence-corrected chi connectivity index (χ3v) is 4.62. The molecule has 23 heavy (non-hydrogen) atoms. The summed E-state index contributed by atoms with van der Waals surface area (Å²) in [7, 11) is 1.32. The molecule has 3 rings (SSSR count). The molecule has 0 radical (unpaired) electrons. The van der Waals surface area contributed by atoms with Crippen LogP contribution < -0.4 is 5.63 Å². The van der Waals surface area contributed by atoms with E-state index in [2.05, 4.69) is 31.9 Å². The fraction of sp³-hybridized carbons (Fsp3) is 0.0588. The molecule has 0 amide bonds. The number of carbonyl (C=O) groups excluding carboxylic acids is 1. The van der Waals surface area contributed by atoms with Gasteiger partial charge in [0.05, 0.1) is 18.2 Å². The summed E-state index contributed by atoms with van der Waals surface area (Å²) in [6.07, 6.45) is 0. The largest absolute Gasteiger partial charge is 0.465 e. The third kappa shape index (κ3) is 2.96. The lowest BCUT2D eigenvalue weighted by Gasteiger charge is -2.10. The van der Waals surface area contributed by atoms with Gasteiger partial charge in [-0.05, 0) is 24.3 Å². The molecule has 0 N–H and O–H groups in total. The van der Waals surface area contributed by atoms with Crippen LogP contribution in [-0.2, 0) is 4.74 Å². The van der Waals surface area contributed by atoms with E-state index in [1.807, 2.05) is 18.2 Å². The van der Waals surface area contributed by atoms with Crippen LogP contribution in [-0.4, -0.2) is 13.1 Å². The first-order valence-corrected chi connectivity index (χ1v) is 8.20. The zero-order chi connectivity index (χ0) is 16.6. The number of para-hydroxylation sites is 1. The molecule has 1 heterocycles. The lowest BCUT2D eigenvalue weighted by molar-refractivity contribution is 0.0600. The Hall–Kier alpha value is -1.92. The summed E-state index contributed by atoms with van der Waals surface area (Å²) in [6.45, 7) is 0. The fourth-order valence-corrected chi connectivity index (χ4v) is 3.92. The lowest BCUT2D eigenvalue weighted by Crippen LogP contribution is -2.06. The average Bonchev–Trinajstić information content (AvgIpc) is 2.53. The molecule has 0 atom stereocenters. The fourth-order valence-electron chi connectivity index (χ4n) is 2.30. The van der Waals surface area contributed by atoms with Crippen molar-refractivity contribution in [2.24, 2.45) is 0 Å². The molecule has 2 aromatic carbocycles. The summed E-state index contributed by atoms with van der Waals surface area (Å²) in [5.41, 5.74) is 1.48. The minimum Gasteiger partial charge on any atom is -0.465 e. The van der Waals surface area contributed by atoms with E-state index in [0.29, 0.717) is 31.2 Å². The smallest absolute Gasteiger partial charge is 0.344 e. The number of fused-ring (bicyclic) bond motifs is 1. The number of methoxy groups -OCH3 is 1. The van der Waals surface area contributed by atoms with Crippen LogP contribution in [0.3, 0.4) is 0 Å². The number of benzene rings is 2. The van der Waals surface area contributed by atoms with E-state index >= 15 is 0 Å². The van der Waals surface area contributed by atoms with Gasteiger partial charge in [0.2, 0.25) is 0 Å². The number of rotatable bonds is 2. The summed E-state index contributed by atoms with van der Waals surface area (Å²) in [5.74, 6) is -0.455. The van der Waals surface area contributed by atoms with Gasteiger partial charge in [-0.3, -0.25) is 0 Å². The van der Waals surface area contributed by atoms with Gasteiger partial charge in [0.1, 0.15) is 5.58 Å². The second kappa shape index (κ2) is 6.29. The SMILES string of the molecule is COC(=O)c1cc(Br)c(-c2cc3ccccc3oc2=O)c(Br)c1. The minimum absolute atomic E-state index is 0.375. The number of esters is 1. The van der Waals surface area contributed by atoms with Crippen LogP contribution in [0.25, 0.3) is 22.1 Å². The molecule has 0 bridgehead atoms.